The predicted octanol–water partition coefficient (Wildman–Crippen LogP) is 2.71. The van der Waals surface area contributed by atoms with Crippen LogP contribution in [0.3, 0.4) is 0 Å². The number of fused-ring (bicyclic) bond motifs is 1. The summed E-state index contributed by atoms with van der Waals surface area (Å²) in [5.74, 6) is 0.901. The molecular weight excluding hydrogens is 210 g/mol. The minimum Gasteiger partial charge on any atom is -0.334 e. The first-order valence-electron chi connectivity index (χ1n) is 5.32. The zero-order chi connectivity index (χ0) is 10.4. The van der Waals surface area contributed by atoms with Crippen LogP contribution in [-0.2, 0) is 6.54 Å². The zero-order valence-corrected chi connectivity index (χ0v) is 9.13. The van der Waals surface area contributed by atoms with Crippen LogP contribution in [0.4, 0.5) is 0 Å². The summed E-state index contributed by atoms with van der Waals surface area (Å²) in [5, 5.41) is 0.648. The average Bonchev–Trinajstić information content (AvgIpc) is 2.97. The van der Waals surface area contributed by atoms with Gasteiger partial charge in [0.1, 0.15) is 0 Å². The van der Waals surface area contributed by atoms with E-state index in [1.54, 1.807) is 6.07 Å². The van der Waals surface area contributed by atoms with Crippen molar-refractivity contribution in [3.05, 3.63) is 34.3 Å². The second-order valence-electron chi connectivity index (χ2n) is 4.43. The molecule has 0 saturated heterocycles. The van der Waals surface area contributed by atoms with Crippen molar-refractivity contribution in [1.29, 1.82) is 0 Å². The Kier molecular flexibility index (Phi) is 1.99. The molecule has 0 radical (unpaired) electrons. The molecule has 1 aliphatic carbocycles. The van der Waals surface area contributed by atoms with Crippen molar-refractivity contribution < 1.29 is 4.79 Å². The molecule has 3 heteroatoms. The Bertz CT molecular complexity index is 426. The van der Waals surface area contributed by atoms with E-state index in [-0.39, 0.29) is 5.91 Å². The molecule has 0 spiro atoms. The number of rotatable bonds is 2. The number of nitrogens with zero attached hydrogens (tertiary/aromatic N) is 1. The van der Waals surface area contributed by atoms with Crippen LogP contribution in [0.5, 0.6) is 0 Å². The molecule has 2 nitrogen and oxygen atoms in total. The van der Waals surface area contributed by atoms with Crippen molar-refractivity contribution >= 4 is 17.5 Å². The van der Waals surface area contributed by atoms with Crippen molar-refractivity contribution in [2.24, 2.45) is 5.92 Å². The van der Waals surface area contributed by atoms with Gasteiger partial charge in [0.15, 0.2) is 0 Å². The van der Waals surface area contributed by atoms with Crippen LogP contribution >= 0.6 is 11.6 Å². The van der Waals surface area contributed by atoms with Crippen LogP contribution in [0.15, 0.2) is 18.2 Å². The van der Waals surface area contributed by atoms with Gasteiger partial charge in [-0.15, -0.1) is 0 Å². The maximum absolute atomic E-state index is 12.0. The van der Waals surface area contributed by atoms with E-state index in [2.05, 4.69) is 0 Å². The highest BCUT2D eigenvalue weighted by Gasteiger charge is 2.32. The summed E-state index contributed by atoms with van der Waals surface area (Å²) in [6.07, 6.45) is 2.56. The normalized spacial score (nSPS) is 19.5. The first-order chi connectivity index (χ1) is 7.24. The molecule has 0 atom stereocenters. The summed E-state index contributed by atoms with van der Waals surface area (Å²) >= 11 is 5.88. The predicted molar refractivity (Wildman–Crippen MR) is 58.9 cm³/mol. The van der Waals surface area contributed by atoms with Gasteiger partial charge in [-0.3, -0.25) is 4.79 Å². The van der Waals surface area contributed by atoms with E-state index in [9.17, 15) is 4.79 Å². The van der Waals surface area contributed by atoms with Crippen LogP contribution in [0, 0.1) is 5.92 Å². The molecule has 0 unspecified atom stereocenters. The van der Waals surface area contributed by atoms with Crippen molar-refractivity contribution in [3.8, 4) is 0 Å². The van der Waals surface area contributed by atoms with Gasteiger partial charge in [-0.05, 0) is 36.5 Å². The number of hydrogen-bond acceptors (Lipinski definition) is 1. The molecule has 1 heterocycles. The van der Waals surface area contributed by atoms with E-state index in [0.717, 1.165) is 30.1 Å². The van der Waals surface area contributed by atoms with Gasteiger partial charge in [0, 0.05) is 23.7 Å². The first kappa shape index (κ1) is 9.22. The van der Waals surface area contributed by atoms with Crippen molar-refractivity contribution in [2.45, 2.75) is 19.4 Å². The first-order valence-corrected chi connectivity index (χ1v) is 5.69. The van der Waals surface area contributed by atoms with Gasteiger partial charge in [-0.25, -0.2) is 0 Å². The van der Waals surface area contributed by atoms with E-state index in [1.165, 1.54) is 12.8 Å². The SMILES string of the molecule is O=C1c2cc(Cl)ccc2CN1CC1CC1. The minimum atomic E-state index is 0.152. The summed E-state index contributed by atoms with van der Waals surface area (Å²) in [5.41, 5.74) is 1.91. The lowest BCUT2D eigenvalue weighted by atomic mass is 10.1. The highest BCUT2D eigenvalue weighted by molar-refractivity contribution is 6.31. The summed E-state index contributed by atoms with van der Waals surface area (Å²) in [6.45, 7) is 1.69. The van der Waals surface area contributed by atoms with Gasteiger partial charge in [0.2, 0.25) is 0 Å². The van der Waals surface area contributed by atoms with E-state index < -0.39 is 0 Å². The number of amides is 1. The van der Waals surface area contributed by atoms with E-state index >= 15 is 0 Å². The Labute approximate surface area is 93.8 Å². The molecular formula is C12H12ClNO. The molecule has 2 aliphatic rings. The molecule has 1 fully saturated rings. The maximum Gasteiger partial charge on any atom is 0.254 e. The van der Waals surface area contributed by atoms with Gasteiger partial charge in [0.25, 0.3) is 5.91 Å². The topological polar surface area (TPSA) is 20.3 Å². The van der Waals surface area contributed by atoms with E-state index in [1.807, 2.05) is 17.0 Å². The van der Waals surface area contributed by atoms with E-state index in [4.69, 9.17) is 11.6 Å². The summed E-state index contributed by atoms with van der Waals surface area (Å²) < 4.78 is 0. The zero-order valence-electron chi connectivity index (χ0n) is 8.37. The van der Waals surface area contributed by atoms with Gasteiger partial charge in [0.05, 0.1) is 0 Å². The van der Waals surface area contributed by atoms with E-state index in [0.29, 0.717) is 5.02 Å². The molecule has 78 valence electrons. The summed E-state index contributed by atoms with van der Waals surface area (Å²) in [7, 11) is 0. The Morgan fingerprint density at radius 3 is 2.93 bits per heavy atom. The number of halogens is 1. The van der Waals surface area contributed by atoms with Crippen LogP contribution in [0.1, 0.15) is 28.8 Å². The highest BCUT2D eigenvalue weighted by Crippen LogP contribution is 2.33. The number of hydrogen-bond donors (Lipinski definition) is 0. The Morgan fingerprint density at radius 2 is 2.20 bits per heavy atom. The fourth-order valence-electron chi connectivity index (χ4n) is 2.09. The average molecular weight is 222 g/mol. The molecule has 3 rings (SSSR count). The standard InChI is InChI=1S/C12H12ClNO/c13-10-4-3-9-7-14(6-8-1-2-8)12(15)11(9)5-10/h3-5,8H,1-2,6-7H2. The lowest BCUT2D eigenvalue weighted by molar-refractivity contribution is 0.0771. The van der Waals surface area contributed by atoms with Crippen LogP contribution < -0.4 is 0 Å². The molecule has 1 aromatic rings. The molecule has 1 saturated carbocycles. The largest absolute Gasteiger partial charge is 0.334 e. The smallest absolute Gasteiger partial charge is 0.254 e. The third-order valence-electron chi connectivity index (χ3n) is 3.13. The number of carbonyl (C=O) groups excluding carboxylic acids is 1. The Hall–Kier alpha value is -1.02. The van der Waals surface area contributed by atoms with Crippen LogP contribution in [0.2, 0.25) is 5.02 Å². The fourth-order valence-corrected chi connectivity index (χ4v) is 2.27. The molecule has 1 amide bonds. The van der Waals surface area contributed by atoms with Crippen molar-refractivity contribution in [2.75, 3.05) is 6.54 Å². The molecule has 15 heavy (non-hydrogen) atoms. The third kappa shape index (κ3) is 1.63. The van der Waals surface area contributed by atoms with Crippen LogP contribution in [0.25, 0.3) is 0 Å². The molecule has 0 N–H and O–H groups in total. The van der Waals surface area contributed by atoms with Gasteiger partial charge < -0.3 is 4.90 Å². The van der Waals surface area contributed by atoms with Gasteiger partial charge in [-0.2, -0.15) is 0 Å². The second kappa shape index (κ2) is 3.24. The third-order valence-corrected chi connectivity index (χ3v) is 3.36. The fraction of sp³-hybridized carbons (Fsp3) is 0.417. The summed E-state index contributed by atoms with van der Waals surface area (Å²) in [6, 6.07) is 5.60. The Balaban J connectivity index is 1.87. The van der Waals surface area contributed by atoms with Crippen molar-refractivity contribution in [1.82, 2.24) is 4.90 Å². The second-order valence-corrected chi connectivity index (χ2v) is 4.87. The monoisotopic (exact) mass is 221 g/mol. The Morgan fingerprint density at radius 1 is 1.40 bits per heavy atom. The highest BCUT2D eigenvalue weighted by atomic mass is 35.5. The lowest BCUT2D eigenvalue weighted by Gasteiger charge is -2.14. The minimum absolute atomic E-state index is 0.152. The molecule has 0 bridgehead atoms. The quantitative estimate of drug-likeness (QED) is 0.752. The number of carbonyl (C=O) groups is 1. The summed E-state index contributed by atoms with van der Waals surface area (Å²) in [4.78, 5) is 13.9. The molecule has 1 aliphatic heterocycles. The molecule has 0 aromatic heterocycles. The lowest BCUT2D eigenvalue weighted by Crippen LogP contribution is -2.26. The van der Waals surface area contributed by atoms with Gasteiger partial charge >= 0.3 is 0 Å². The maximum atomic E-state index is 12.0. The number of benzene rings is 1. The van der Waals surface area contributed by atoms with Crippen molar-refractivity contribution in [3.63, 3.8) is 0 Å². The van der Waals surface area contributed by atoms with Gasteiger partial charge in [-0.1, -0.05) is 17.7 Å². The van der Waals surface area contributed by atoms with Crippen LogP contribution in [-0.4, -0.2) is 17.4 Å². The molecule has 1 aromatic carbocycles.